The molecule has 5 nitrogen and oxygen atoms in total. The predicted molar refractivity (Wildman–Crippen MR) is 71.2 cm³/mol. The number of carbonyl (C=O) groups is 2. The second kappa shape index (κ2) is 5.27. The van der Waals surface area contributed by atoms with Gasteiger partial charge in [0.25, 0.3) is 5.91 Å². The van der Waals surface area contributed by atoms with E-state index in [2.05, 4.69) is 10.3 Å². The van der Waals surface area contributed by atoms with Crippen molar-refractivity contribution in [2.75, 3.05) is 11.5 Å². The summed E-state index contributed by atoms with van der Waals surface area (Å²) in [4.78, 5) is 28.0. The molecule has 0 aliphatic carbocycles. The second-order valence-corrected chi connectivity index (χ2v) is 6.30. The number of hydrogen-bond acceptors (Lipinski definition) is 5. The fourth-order valence-corrected chi connectivity index (χ4v) is 3.79. The summed E-state index contributed by atoms with van der Waals surface area (Å²) in [5.74, 6) is 0.241. The Kier molecular flexibility index (Phi) is 3.91. The average Bonchev–Trinajstić information content (AvgIpc) is 2.76. The highest BCUT2D eigenvalue weighted by Gasteiger charge is 2.41. The van der Waals surface area contributed by atoms with Crippen molar-refractivity contribution >= 4 is 35.0 Å². The van der Waals surface area contributed by atoms with Crippen LogP contribution < -0.4 is 5.32 Å². The lowest BCUT2D eigenvalue weighted by atomic mass is 9.92. The summed E-state index contributed by atoms with van der Waals surface area (Å²) in [7, 11) is 0. The smallest absolute Gasteiger partial charge is 0.329 e. The predicted octanol–water partition coefficient (Wildman–Crippen LogP) is 1.53. The molecular formula is C11H14N2O3S2. The number of amides is 1. The quantitative estimate of drug-likeness (QED) is 0.881. The molecule has 1 aromatic rings. The Morgan fingerprint density at radius 1 is 1.44 bits per heavy atom. The van der Waals surface area contributed by atoms with Crippen LogP contribution in [0.1, 0.15) is 28.2 Å². The largest absolute Gasteiger partial charge is 0.480 e. The van der Waals surface area contributed by atoms with Crippen molar-refractivity contribution in [3.63, 3.8) is 0 Å². The third-order valence-corrected chi connectivity index (χ3v) is 4.97. The molecule has 1 aliphatic heterocycles. The highest BCUT2D eigenvalue weighted by molar-refractivity contribution is 7.99. The molecule has 0 spiro atoms. The molecule has 0 radical (unpaired) electrons. The molecule has 1 amide bonds. The third-order valence-electron chi connectivity index (χ3n) is 3.06. The van der Waals surface area contributed by atoms with Crippen LogP contribution in [0.3, 0.4) is 0 Å². The SMILES string of the molecule is Cc1ncsc1C(=O)NC1(C(=O)O)CCSCC1. The van der Waals surface area contributed by atoms with Gasteiger partial charge in [0.1, 0.15) is 10.4 Å². The number of nitrogens with zero attached hydrogens (tertiary/aromatic N) is 1. The zero-order valence-electron chi connectivity index (χ0n) is 9.93. The molecule has 2 N–H and O–H groups in total. The van der Waals surface area contributed by atoms with Crippen LogP contribution in [0.25, 0.3) is 0 Å². The molecule has 0 saturated carbocycles. The highest BCUT2D eigenvalue weighted by atomic mass is 32.2. The fourth-order valence-electron chi connectivity index (χ4n) is 1.91. The number of thiazole rings is 1. The van der Waals surface area contributed by atoms with Gasteiger partial charge in [0.15, 0.2) is 0 Å². The van der Waals surface area contributed by atoms with E-state index in [4.69, 9.17) is 0 Å². The van der Waals surface area contributed by atoms with Crippen molar-refractivity contribution in [1.82, 2.24) is 10.3 Å². The van der Waals surface area contributed by atoms with Crippen LogP contribution in [-0.2, 0) is 4.79 Å². The van der Waals surface area contributed by atoms with Gasteiger partial charge >= 0.3 is 5.97 Å². The maximum absolute atomic E-state index is 12.1. The third kappa shape index (κ3) is 2.51. The highest BCUT2D eigenvalue weighted by Crippen LogP contribution is 2.28. The maximum Gasteiger partial charge on any atom is 0.329 e. The Bertz CT molecular complexity index is 467. The molecule has 1 aromatic heterocycles. The van der Waals surface area contributed by atoms with Crippen LogP contribution >= 0.6 is 23.1 Å². The molecule has 0 bridgehead atoms. The number of rotatable bonds is 3. The first-order valence-electron chi connectivity index (χ1n) is 5.59. The van der Waals surface area contributed by atoms with Gasteiger partial charge in [-0.05, 0) is 31.3 Å². The summed E-state index contributed by atoms with van der Waals surface area (Å²) in [5, 5.41) is 12.1. The Labute approximate surface area is 113 Å². The zero-order valence-corrected chi connectivity index (χ0v) is 11.6. The molecule has 0 atom stereocenters. The first-order valence-corrected chi connectivity index (χ1v) is 7.62. The lowest BCUT2D eigenvalue weighted by Crippen LogP contribution is -2.56. The van der Waals surface area contributed by atoms with Gasteiger partial charge < -0.3 is 10.4 Å². The molecule has 18 heavy (non-hydrogen) atoms. The molecule has 2 heterocycles. The molecule has 1 aliphatic rings. The Balaban J connectivity index is 2.17. The van der Waals surface area contributed by atoms with Gasteiger partial charge in [-0.2, -0.15) is 11.8 Å². The standard InChI is InChI=1S/C11H14N2O3S2/c1-7-8(18-6-12-7)9(14)13-11(10(15)16)2-4-17-5-3-11/h6H,2-5H2,1H3,(H,13,14)(H,15,16). The minimum atomic E-state index is -1.11. The van der Waals surface area contributed by atoms with Gasteiger partial charge in [-0.15, -0.1) is 11.3 Å². The monoisotopic (exact) mass is 286 g/mol. The van der Waals surface area contributed by atoms with Crippen LogP contribution in [0.2, 0.25) is 0 Å². The van der Waals surface area contributed by atoms with E-state index in [0.29, 0.717) is 23.4 Å². The molecule has 1 saturated heterocycles. The first kappa shape index (κ1) is 13.4. The van der Waals surface area contributed by atoms with Crippen molar-refractivity contribution in [1.29, 1.82) is 0 Å². The van der Waals surface area contributed by atoms with E-state index in [1.807, 2.05) is 0 Å². The number of hydrogen-bond donors (Lipinski definition) is 2. The van der Waals surface area contributed by atoms with Crippen molar-refractivity contribution in [3.8, 4) is 0 Å². The van der Waals surface area contributed by atoms with Crippen LogP contribution in [0.15, 0.2) is 5.51 Å². The summed E-state index contributed by atoms with van der Waals surface area (Å²) in [6, 6.07) is 0. The van der Waals surface area contributed by atoms with Gasteiger partial charge in [-0.25, -0.2) is 9.78 Å². The molecule has 7 heteroatoms. The molecule has 1 fully saturated rings. The van der Waals surface area contributed by atoms with Gasteiger partial charge in [0.05, 0.1) is 11.2 Å². The Hall–Kier alpha value is -1.08. The van der Waals surface area contributed by atoms with Gasteiger partial charge in [0.2, 0.25) is 0 Å². The number of carboxylic acids is 1. The van der Waals surface area contributed by atoms with Gasteiger partial charge in [-0.1, -0.05) is 0 Å². The normalized spacial score (nSPS) is 18.3. The van der Waals surface area contributed by atoms with E-state index >= 15 is 0 Å². The molecular weight excluding hydrogens is 272 g/mol. The topological polar surface area (TPSA) is 79.3 Å². The van der Waals surface area contributed by atoms with E-state index in [1.54, 1.807) is 24.2 Å². The van der Waals surface area contributed by atoms with E-state index < -0.39 is 11.5 Å². The molecule has 0 aromatic carbocycles. The lowest BCUT2D eigenvalue weighted by molar-refractivity contribution is -0.144. The first-order chi connectivity index (χ1) is 8.55. The minimum Gasteiger partial charge on any atom is -0.480 e. The van der Waals surface area contributed by atoms with Crippen molar-refractivity contribution in [3.05, 3.63) is 16.1 Å². The average molecular weight is 286 g/mol. The van der Waals surface area contributed by atoms with Crippen molar-refractivity contribution < 1.29 is 14.7 Å². The van der Waals surface area contributed by atoms with Crippen LogP contribution in [-0.4, -0.2) is 39.0 Å². The number of nitrogens with one attached hydrogen (secondary N) is 1. The molecule has 98 valence electrons. The van der Waals surface area contributed by atoms with Crippen molar-refractivity contribution in [2.24, 2.45) is 0 Å². The number of carboxylic acid groups (broad SMARTS) is 1. The number of aromatic nitrogens is 1. The van der Waals surface area contributed by atoms with E-state index in [9.17, 15) is 14.7 Å². The lowest BCUT2D eigenvalue weighted by Gasteiger charge is -2.33. The fraction of sp³-hybridized carbons (Fsp3) is 0.545. The van der Waals surface area contributed by atoms with Crippen LogP contribution in [0.4, 0.5) is 0 Å². The van der Waals surface area contributed by atoms with Gasteiger partial charge in [-0.3, -0.25) is 4.79 Å². The van der Waals surface area contributed by atoms with Crippen molar-refractivity contribution in [2.45, 2.75) is 25.3 Å². The summed E-state index contributed by atoms with van der Waals surface area (Å²) in [6.07, 6.45) is 0.938. The summed E-state index contributed by atoms with van der Waals surface area (Å²) >= 11 is 2.95. The van der Waals surface area contributed by atoms with Crippen LogP contribution in [0, 0.1) is 6.92 Å². The van der Waals surface area contributed by atoms with Gasteiger partial charge in [0, 0.05) is 0 Å². The second-order valence-electron chi connectivity index (χ2n) is 4.22. The van der Waals surface area contributed by atoms with E-state index in [0.717, 1.165) is 11.5 Å². The summed E-state index contributed by atoms with van der Waals surface area (Å²) in [6.45, 7) is 1.75. The molecule has 0 unspecified atom stereocenters. The Morgan fingerprint density at radius 2 is 2.11 bits per heavy atom. The van der Waals surface area contributed by atoms with Crippen LogP contribution in [0.5, 0.6) is 0 Å². The number of aryl methyl sites for hydroxylation is 1. The molecule has 2 rings (SSSR count). The summed E-state index contributed by atoms with van der Waals surface area (Å²) < 4.78 is 0. The Morgan fingerprint density at radius 3 is 2.61 bits per heavy atom. The minimum absolute atomic E-state index is 0.329. The maximum atomic E-state index is 12.1. The number of thioether (sulfide) groups is 1. The van der Waals surface area contributed by atoms with E-state index in [1.165, 1.54) is 11.3 Å². The number of carbonyl (C=O) groups excluding carboxylic acids is 1. The number of aliphatic carboxylic acids is 1. The van der Waals surface area contributed by atoms with E-state index in [-0.39, 0.29) is 5.91 Å². The zero-order chi connectivity index (χ0) is 13.2. The summed E-state index contributed by atoms with van der Waals surface area (Å²) in [5.41, 5.74) is 1.12.